The molecular weight excluding hydrogens is 268 g/mol. The number of carbonyl (C=O) groups excluding carboxylic acids is 1. The number of amides is 1. The second kappa shape index (κ2) is 7.54. The molecule has 112 valence electrons. The van der Waals surface area contributed by atoms with E-state index >= 15 is 0 Å². The van der Waals surface area contributed by atoms with Crippen molar-refractivity contribution >= 4 is 5.91 Å². The largest absolute Gasteiger partial charge is 0.383 e. The molecular formula is C15H20N4O2. The molecule has 0 saturated heterocycles. The van der Waals surface area contributed by atoms with Gasteiger partial charge < -0.3 is 14.2 Å². The molecule has 0 spiro atoms. The van der Waals surface area contributed by atoms with E-state index in [1.165, 1.54) is 0 Å². The number of carbonyl (C=O) groups is 1. The summed E-state index contributed by atoms with van der Waals surface area (Å²) < 4.78 is 6.89. The minimum Gasteiger partial charge on any atom is -0.383 e. The Kier molecular flexibility index (Phi) is 5.45. The van der Waals surface area contributed by atoms with Crippen LogP contribution in [0.3, 0.4) is 0 Å². The van der Waals surface area contributed by atoms with Crippen molar-refractivity contribution in [2.75, 3.05) is 20.3 Å². The van der Waals surface area contributed by atoms with Gasteiger partial charge in [-0.2, -0.15) is 0 Å². The van der Waals surface area contributed by atoms with Crippen LogP contribution in [-0.2, 0) is 16.1 Å². The van der Waals surface area contributed by atoms with Crippen LogP contribution in [0.5, 0.6) is 0 Å². The van der Waals surface area contributed by atoms with Crippen molar-refractivity contribution in [3.05, 3.63) is 48.8 Å². The van der Waals surface area contributed by atoms with Gasteiger partial charge in [-0.05, 0) is 19.1 Å². The Labute approximate surface area is 124 Å². The highest BCUT2D eigenvalue weighted by atomic mass is 16.5. The Morgan fingerprint density at radius 3 is 2.90 bits per heavy atom. The summed E-state index contributed by atoms with van der Waals surface area (Å²) in [5.74, 6) is 0.0238. The molecule has 6 nitrogen and oxygen atoms in total. The van der Waals surface area contributed by atoms with Crippen LogP contribution in [-0.4, -0.2) is 45.6 Å². The van der Waals surface area contributed by atoms with E-state index in [4.69, 9.17) is 4.74 Å². The van der Waals surface area contributed by atoms with Gasteiger partial charge in [0.2, 0.25) is 5.91 Å². The lowest BCUT2D eigenvalue weighted by atomic mass is 10.2. The maximum Gasteiger partial charge on any atom is 0.245 e. The number of rotatable bonds is 7. The summed E-state index contributed by atoms with van der Waals surface area (Å²) in [6.45, 7) is 3.37. The van der Waals surface area contributed by atoms with Gasteiger partial charge in [-0.25, -0.2) is 4.98 Å². The van der Waals surface area contributed by atoms with Gasteiger partial charge in [0.15, 0.2) is 0 Å². The fourth-order valence-electron chi connectivity index (χ4n) is 2.05. The number of nitrogens with zero attached hydrogens (tertiary/aromatic N) is 4. The quantitative estimate of drug-likeness (QED) is 0.775. The monoisotopic (exact) mass is 288 g/mol. The Morgan fingerprint density at radius 2 is 2.29 bits per heavy atom. The molecule has 0 aliphatic heterocycles. The SMILES string of the molecule is COCCN(Cc1ccccn1)C(=O)C(C)n1ccnc1. The van der Waals surface area contributed by atoms with Crippen molar-refractivity contribution in [3.63, 3.8) is 0 Å². The number of pyridine rings is 1. The van der Waals surface area contributed by atoms with Crippen molar-refractivity contribution in [3.8, 4) is 0 Å². The highest BCUT2D eigenvalue weighted by molar-refractivity contribution is 5.80. The van der Waals surface area contributed by atoms with Crippen LogP contribution in [0.15, 0.2) is 43.1 Å². The van der Waals surface area contributed by atoms with Gasteiger partial charge in [-0.3, -0.25) is 9.78 Å². The number of methoxy groups -OCH3 is 1. The Balaban J connectivity index is 2.09. The van der Waals surface area contributed by atoms with Crippen molar-refractivity contribution in [2.45, 2.75) is 19.5 Å². The van der Waals surface area contributed by atoms with Crippen LogP contribution in [0.2, 0.25) is 0 Å². The number of aromatic nitrogens is 3. The van der Waals surface area contributed by atoms with E-state index in [0.29, 0.717) is 19.7 Å². The molecule has 0 aromatic carbocycles. The van der Waals surface area contributed by atoms with Gasteiger partial charge in [0.1, 0.15) is 6.04 Å². The molecule has 1 atom stereocenters. The molecule has 1 amide bonds. The molecule has 2 heterocycles. The zero-order chi connectivity index (χ0) is 15.1. The zero-order valence-corrected chi connectivity index (χ0v) is 12.3. The lowest BCUT2D eigenvalue weighted by Gasteiger charge is -2.25. The number of ether oxygens (including phenoxy) is 1. The molecule has 6 heteroatoms. The molecule has 2 rings (SSSR count). The van der Waals surface area contributed by atoms with Gasteiger partial charge in [0.05, 0.1) is 25.2 Å². The molecule has 21 heavy (non-hydrogen) atoms. The van der Waals surface area contributed by atoms with E-state index in [2.05, 4.69) is 9.97 Å². The second-order valence-corrected chi connectivity index (χ2v) is 4.76. The van der Waals surface area contributed by atoms with Crippen molar-refractivity contribution in [1.82, 2.24) is 19.4 Å². The third-order valence-electron chi connectivity index (χ3n) is 3.29. The van der Waals surface area contributed by atoms with Crippen molar-refractivity contribution in [2.24, 2.45) is 0 Å². The standard InChI is InChI=1S/C15H20N4O2/c1-13(19-8-7-16-12-19)15(20)18(9-10-21-2)11-14-5-3-4-6-17-14/h3-8,12-13H,9-11H2,1-2H3. The number of imidazole rings is 1. The zero-order valence-electron chi connectivity index (χ0n) is 12.3. The topological polar surface area (TPSA) is 60.2 Å². The summed E-state index contributed by atoms with van der Waals surface area (Å²) in [5, 5.41) is 0. The van der Waals surface area contributed by atoms with Crippen LogP contribution in [0.4, 0.5) is 0 Å². The summed E-state index contributed by atoms with van der Waals surface area (Å²) in [5.41, 5.74) is 0.861. The lowest BCUT2D eigenvalue weighted by Crippen LogP contribution is -2.38. The highest BCUT2D eigenvalue weighted by Crippen LogP contribution is 2.12. The van der Waals surface area contributed by atoms with Crippen LogP contribution in [0.25, 0.3) is 0 Å². The molecule has 2 aromatic heterocycles. The fraction of sp³-hybridized carbons (Fsp3) is 0.400. The molecule has 0 aliphatic carbocycles. The first kappa shape index (κ1) is 15.2. The average Bonchev–Trinajstić information content (AvgIpc) is 3.05. The van der Waals surface area contributed by atoms with E-state index in [0.717, 1.165) is 5.69 Å². The van der Waals surface area contributed by atoms with E-state index < -0.39 is 0 Å². The molecule has 0 fully saturated rings. The number of hydrogen-bond donors (Lipinski definition) is 0. The van der Waals surface area contributed by atoms with Crippen molar-refractivity contribution < 1.29 is 9.53 Å². The van der Waals surface area contributed by atoms with E-state index in [-0.39, 0.29) is 11.9 Å². The molecule has 0 bridgehead atoms. The van der Waals surface area contributed by atoms with E-state index in [1.54, 1.807) is 41.5 Å². The highest BCUT2D eigenvalue weighted by Gasteiger charge is 2.21. The lowest BCUT2D eigenvalue weighted by molar-refractivity contribution is -0.135. The Hall–Kier alpha value is -2.21. The fourth-order valence-corrected chi connectivity index (χ4v) is 2.05. The van der Waals surface area contributed by atoms with Gasteiger partial charge in [0.25, 0.3) is 0 Å². The first-order valence-electron chi connectivity index (χ1n) is 6.87. The van der Waals surface area contributed by atoms with Crippen LogP contribution < -0.4 is 0 Å². The Bertz CT molecular complexity index is 542. The van der Waals surface area contributed by atoms with Gasteiger partial charge in [-0.15, -0.1) is 0 Å². The van der Waals surface area contributed by atoms with E-state index in [1.807, 2.05) is 25.1 Å². The van der Waals surface area contributed by atoms with Gasteiger partial charge >= 0.3 is 0 Å². The van der Waals surface area contributed by atoms with Crippen LogP contribution in [0, 0.1) is 0 Å². The van der Waals surface area contributed by atoms with Gasteiger partial charge in [-0.1, -0.05) is 6.07 Å². The third-order valence-corrected chi connectivity index (χ3v) is 3.29. The smallest absolute Gasteiger partial charge is 0.245 e. The van der Waals surface area contributed by atoms with E-state index in [9.17, 15) is 4.79 Å². The molecule has 1 unspecified atom stereocenters. The molecule has 0 saturated carbocycles. The average molecular weight is 288 g/mol. The normalized spacial score (nSPS) is 12.1. The maximum absolute atomic E-state index is 12.6. The first-order valence-corrected chi connectivity index (χ1v) is 6.87. The van der Waals surface area contributed by atoms with Crippen molar-refractivity contribution in [1.29, 1.82) is 0 Å². The summed E-state index contributed by atoms with van der Waals surface area (Å²) in [4.78, 5) is 22.7. The maximum atomic E-state index is 12.6. The first-order chi connectivity index (χ1) is 10.2. The minimum atomic E-state index is -0.298. The summed E-state index contributed by atoms with van der Waals surface area (Å²) in [6.07, 6.45) is 6.84. The molecule has 0 aliphatic rings. The summed E-state index contributed by atoms with van der Waals surface area (Å²) in [6, 6.07) is 5.39. The molecule has 0 N–H and O–H groups in total. The third kappa shape index (κ3) is 4.13. The van der Waals surface area contributed by atoms with Gasteiger partial charge in [0, 0.05) is 32.2 Å². The Morgan fingerprint density at radius 1 is 1.43 bits per heavy atom. The summed E-state index contributed by atoms with van der Waals surface area (Å²) in [7, 11) is 1.63. The molecule has 0 radical (unpaired) electrons. The van der Waals surface area contributed by atoms with Crippen LogP contribution in [0.1, 0.15) is 18.7 Å². The minimum absolute atomic E-state index is 0.0238. The summed E-state index contributed by atoms with van der Waals surface area (Å²) >= 11 is 0. The number of hydrogen-bond acceptors (Lipinski definition) is 4. The second-order valence-electron chi connectivity index (χ2n) is 4.76. The predicted octanol–water partition coefficient (Wildman–Crippen LogP) is 1.51. The van der Waals surface area contributed by atoms with Crippen LogP contribution >= 0.6 is 0 Å². The molecule has 2 aromatic rings. The predicted molar refractivity (Wildman–Crippen MR) is 78.5 cm³/mol.